The number of nitrogens with zero attached hydrogens (tertiary/aromatic N) is 2. The van der Waals surface area contributed by atoms with Crippen molar-refractivity contribution in [2.75, 3.05) is 18.0 Å². The summed E-state index contributed by atoms with van der Waals surface area (Å²) in [6, 6.07) is 14.6. The molecular formula is C33H52N4O. The van der Waals surface area contributed by atoms with Crippen molar-refractivity contribution in [2.45, 2.75) is 129 Å². The van der Waals surface area contributed by atoms with Crippen LogP contribution in [-0.2, 0) is 11.8 Å². The third-order valence-electron chi connectivity index (χ3n) is 7.97. The summed E-state index contributed by atoms with van der Waals surface area (Å²) in [5.41, 5.74) is 4.48. The first-order valence-electron chi connectivity index (χ1n) is 14.8. The third-order valence-corrected chi connectivity index (χ3v) is 7.97. The highest BCUT2D eigenvalue weighted by Crippen LogP contribution is 2.30. The number of aryl methyl sites for hydroxylation is 1. The maximum atomic E-state index is 6.19. The van der Waals surface area contributed by atoms with Gasteiger partial charge in [0.2, 0.25) is 5.88 Å². The highest BCUT2D eigenvalue weighted by molar-refractivity contribution is 5.49. The molecule has 1 aromatic heterocycles. The summed E-state index contributed by atoms with van der Waals surface area (Å²) >= 11 is 0. The van der Waals surface area contributed by atoms with E-state index in [0.717, 1.165) is 44.7 Å². The summed E-state index contributed by atoms with van der Waals surface area (Å²) in [5, 5.41) is 7.64. The van der Waals surface area contributed by atoms with Gasteiger partial charge in [0, 0.05) is 54.2 Å². The molecule has 2 N–H and O–H groups in total. The Labute approximate surface area is 232 Å². The second kappa shape index (κ2) is 11.6. The van der Waals surface area contributed by atoms with Gasteiger partial charge in [0.15, 0.2) is 0 Å². The molecule has 0 bridgehead atoms. The van der Waals surface area contributed by atoms with Crippen LogP contribution in [0.4, 0.5) is 5.69 Å². The minimum atomic E-state index is 0.109. The van der Waals surface area contributed by atoms with Crippen LogP contribution >= 0.6 is 0 Å². The molecule has 2 aromatic rings. The summed E-state index contributed by atoms with van der Waals surface area (Å²) in [7, 11) is 0. The van der Waals surface area contributed by atoms with E-state index >= 15 is 0 Å². The van der Waals surface area contributed by atoms with E-state index in [4.69, 9.17) is 4.74 Å². The monoisotopic (exact) mass is 520 g/mol. The number of hydrogen-bond donors (Lipinski definition) is 2. The Kier molecular flexibility index (Phi) is 8.78. The summed E-state index contributed by atoms with van der Waals surface area (Å²) in [4.78, 5) is 6.96. The second-order valence-corrected chi connectivity index (χ2v) is 14.4. The van der Waals surface area contributed by atoms with Crippen molar-refractivity contribution >= 4 is 5.69 Å². The molecule has 2 heterocycles. The minimum Gasteiger partial charge on any atom is -0.474 e. The van der Waals surface area contributed by atoms with Gasteiger partial charge in [-0.15, -0.1) is 0 Å². The Hall–Kier alpha value is -2.11. The van der Waals surface area contributed by atoms with Crippen LogP contribution in [0, 0.1) is 0 Å². The van der Waals surface area contributed by atoms with E-state index in [1.165, 1.54) is 29.7 Å². The lowest BCUT2D eigenvalue weighted by atomic mass is 9.85. The van der Waals surface area contributed by atoms with Gasteiger partial charge in [-0.2, -0.15) is 0 Å². The minimum absolute atomic E-state index is 0.109. The predicted molar refractivity (Wildman–Crippen MR) is 160 cm³/mol. The SMILES string of the molecule is CC(C)(C)N[C@@H]1CCN(c2ccc(CCCC(C)(C)N[C@H]3C[C@H](Oc4cc(C(C)(C)C)ccn4)C3)cc2)C1. The van der Waals surface area contributed by atoms with Gasteiger partial charge < -0.3 is 20.3 Å². The number of anilines is 1. The zero-order chi connectivity index (χ0) is 27.6. The van der Waals surface area contributed by atoms with Crippen molar-refractivity contribution in [3.63, 3.8) is 0 Å². The molecule has 1 saturated heterocycles. The Bertz CT molecular complexity index is 1030. The van der Waals surface area contributed by atoms with Gasteiger partial charge in [0.25, 0.3) is 0 Å². The molecule has 0 unspecified atom stereocenters. The van der Waals surface area contributed by atoms with Crippen LogP contribution in [0.5, 0.6) is 5.88 Å². The molecule has 210 valence electrons. The van der Waals surface area contributed by atoms with Gasteiger partial charge in [0.05, 0.1) is 0 Å². The number of pyridine rings is 1. The van der Waals surface area contributed by atoms with Crippen LogP contribution in [0.25, 0.3) is 0 Å². The van der Waals surface area contributed by atoms with E-state index in [0.29, 0.717) is 12.1 Å². The molecule has 0 radical (unpaired) electrons. The molecule has 0 spiro atoms. The summed E-state index contributed by atoms with van der Waals surface area (Å²) in [5.74, 6) is 0.761. The quantitative estimate of drug-likeness (QED) is 0.367. The molecule has 1 aliphatic carbocycles. The Balaban J connectivity index is 1.15. The number of rotatable bonds is 10. The molecule has 5 nitrogen and oxygen atoms in total. The molecule has 5 heteroatoms. The molecule has 0 amide bonds. The Morgan fingerprint density at radius 1 is 0.921 bits per heavy atom. The zero-order valence-electron chi connectivity index (χ0n) is 25.2. The number of benzene rings is 1. The fourth-order valence-electron chi connectivity index (χ4n) is 5.85. The Morgan fingerprint density at radius 3 is 2.29 bits per heavy atom. The lowest BCUT2D eigenvalue weighted by Gasteiger charge is -2.41. The highest BCUT2D eigenvalue weighted by atomic mass is 16.5. The normalized spacial score (nSPS) is 22.4. The molecule has 38 heavy (non-hydrogen) atoms. The lowest BCUT2D eigenvalue weighted by Crippen LogP contribution is -2.54. The van der Waals surface area contributed by atoms with Crippen LogP contribution in [-0.4, -0.2) is 47.3 Å². The van der Waals surface area contributed by atoms with E-state index in [-0.39, 0.29) is 22.6 Å². The van der Waals surface area contributed by atoms with Crippen LogP contribution in [0.3, 0.4) is 0 Å². The standard InChI is InChI=1S/C33H52N4O/c1-31(2,3)25-15-18-34-30(20-25)38-29-21-27(22-29)36-33(7,8)17-9-10-24-11-13-28(14-12-24)37-19-16-26(23-37)35-32(4,5)6/h11-15,18,20,26-27,29,35-36H,9-10,16-17,19,21-23H2,1-8H3/t26-,27-,29-/m1/s1. The van der Waals surface area contributed by atoms with Gasteiger partial charge in [-0.3, -0.25) is 0 Å². The molecular weight excluding hydrogens is 468 g/mol. The van der Waals surface area contributed by atoms with Crippen LogP contribution in [0.1, 0.15) is 98.6 Å². The fraction of sp³-hybridized carbons (Fsp3) is 0.667. The average Bonchev–Trinajstić information content (AvgIpc) is 3.24. The summed E-state index contributed by atoms with van der Waals surface area (Å²) < 4.78 is 6.19. The van der Waals surface area contributed by atoms with Gasteiger partial charge in [0.1, 0.15) is 6.10 Å². The number of hydrogen-bond acceptors (Lipinski definition) is 5. The first-order valence-corrected chi connectivity index (χ1v) is 14.8. The summed E-state index contributed by atoms with van der Waals surface area (Å²) in [6.45, 7) is 20.4. The van der Waals surface area contributed by atoms with Gasteiger partial charge in [-0.1, -0.05) is 32.9 Å². The highest BCUT2D eigenvalue weighted by Gasteiger charge is 2.34. The number of ether oxygens (including phenoxy) is 1. The second-order valence-electron chi connectivity index (χ2n) is 14.4. The molecule has 4 rings (SSSR count). The number of aromatic nitrogens is 1. The molecule has 2 aliphatic rings. The van der Waals surface area contributed by atoms with Crippen molar-refractivity contribution < 1.29 is 4.74 Å². The van der Waals surface area contributed by atoms with Crippen LogP contribution in [0.15, 0.2) is 42.6 Å². The largest absolute Gasteiger partial charge is 0.474 e. The van der Waals surface area contributed by atoms with E-state index in [2.05, 4.69) is 112 Å². The lowest BCUT2D eigenvalue weighted by molar-refractivity contribution is 0.0659. The smallest absolute Gasteiger partial charge is 0.213 e. The van der Waals surface area contributed by atoms with Crippen molar-refractivity contribution in [3.8, 4) is 5.88 Å². The van der Waals surface area contributed by atoms with Crippen LogP contribution < -0.4 is 20.3 Å². The van der Waals surface area contributed by atoms with Gasteiger partial charge in [-0.05, 0) is 108 Å². The van der Waals surface area contributed by atoms with Crippen molar-refractivity contribution in [3.05, 3.63) is 53.7 Å². The first kappa shape index (κ1) is 28.9. The first-order chi connectivity index (χ1) is 17.8. The summed E-state index contributed by atoms with van der Waals surface area (Å²) in [6.07, 6.45) is 8.94. The average molecular weight is 521 g/mol. The van der Waals surface area contributed by atoms with E-state index < -0.39 is 0 Å². The molecule has 1 aliphatic heterocycles. The molecule has 1 saturated carbocycles. The number of nitrogens with one attached hydrogen (secondary N) is 2. The molecule has 2 fully saturated rings. The van der Waals surface area contributed by atoms with E-state index in [9.17, 15) is 0 Å². The van der Waals surface area contributed by atoms with Crippen molar-refractivity contribution in [2.24, 2.45) is 0 Å². The third kappa shape index (κ3) is 8.44. The maximum Gasteiger partial charge on any atom is 0.213 e. The predicted octanol–water partition coefficient (Wildman–Crippen LogP) is 6.65. The van der Waals surface area contributed by atoms with Crippen molar-refractivity contribution in [1.29, 1.82) is 0 Å². The van der Waals surface area contributed by atoms with Gasteiger partial charge in [-0.25, -0.2) is 4.98 Å². The van der Waals surface area contributed by atoms with E-state index in [1.54, 1.807) is 0 Å². The Morgan fingerprint density at radius 2 is 1.63 bits per heavy atom. The topological polar surface area (TPSA) is 49.4 Å². The maximum absolute atomic E-state index is 6.19. The zero-order valence-corrected chi connectivity index (χ0v) is 25.2. The van der Waals surface area contributed by atoms with Crippen molar-refractivity contribution in [1.82, 2.24) is 15.6 Å². The fourth-order valence-corrected chi connectivity index (χ4v) is 5.85. The van der Waals surface area contributed by atoms with E-state index in [1.807, 2.05) is 6.20 Å². The molecule has 1 atom stereocenters. The molecule has 1 aromatic carbocycles. The van der Waals surface area contributed by atoms with Gasteiger partial charge >= 0.3 is 0 Å². The van der Waals surface area contributed by atoms with Crippen LogP contribution in [0.2, 0.25) is 0 Å².